The molecule has 1 fully saturated rings. The van der Waals surface area contributed by atoms with Gasteiger partial charge in [0, 0.05) is 49.4 Å². The number of nitrogens with two attached hydrogens (primary N) is 1. The number of nitrogens with zero attached hydrogens (tertiary/aromatic N) is 5. The highest BCUT2D eigenvalue weighted by Gasteiger charge is 2.38. The van der Waals surface area contributed by atoms with Gasteiger partial charge < -0.3 is 20.8 Å². The Morgan fingerprint density at radius 1 is 1.03 bits per heavy atom. The van der Waals surface area contributed by atoms with Crippen LogP contribution in [-0.4, -0.2) is 78.4 Å². The molecule has 0 saturated carbocycles. The summed E-state index contributed by atoms with van der Waals surface area (Å²) in [5.41, 5.74) is 6.92. The molecule has 3 aromatic rings. The van der Waals surface area contributed by atoms with Gasteiger partial charge in [0.15, 0.2) is 5.82 Å². The van der Waals surface area contributed by atoms with Crippen LogP contribution in [0.15, 0.2) is 47.9 Å². The predicted molar refractivity (Wildman–Crippen MR) is 113 cm³/mol. The molecule has 0 aromatic carbocycles. The van der Waals surface area contributed by atoms with Crippen LogP contribution in [0.2, 0.25) is 0 Å². The maximum atomic E-state index is 12.6. The van der Waals surface area contributed by atoms with E-state index in [1.54, 1.807) is 30.7 Å². The fourth-order valence-electron chi connectivity index (χ4n) is 2.60. The maximum absolute atomic E-state index is 12.6. The van der Waals surface area contributed by atoms with E-state index in [9.17, 15) is 31.1 Å². The molecule has 0 radical (unpaired) electrons. The van der Waals surface area contributed by atoms with Gasteiger partial charge in [-0.05, 0) is 6.07 Å². The predicted octanol–water partition coefficient (Wildman–Crippen LogP) is 1.43. The van der Waals surface area contributed by atoms with Crippen molar-refractivity contribution in [3.05, 3.63) is 53.5 Å². The van der Waals surface area contributed by atoms with Crippen LogP contribution in [0.4, 0.5) is 32.2 Å². The zero-order chi connectivity index (χ0) is 28.0. The molecule has 3 aromatic heterocycles. The second-order valence-electron chi connectivity index (χ2n) is 7.07. The third-order valence-corrected chi connectivity index (χ3v) is 4.33. The van der Waals surface area contributed by atoms with Gasteiger partial charge in [-0.3, -0.25) is 14.9 Å². The largest absolute Gasteiger partial charge is 0.490 e. The highest BCUT2D eigenvalue weighted by atomic mass is 19.4. The molecule has 0 bridgehead atoms. The summed E-state index contributed by atoms with van der Waals surface area (Å²) in [7, 11) is 0. The molecule has 0 spiro atoms. The van der Waals surface area contributed by atoms with Gasteiger partial charge in [0.2, 0.25) is 0 Å². The van der Waals surface area contributed by atoms with E-state index in [1.807, 2.05) is 11.0 Å². The van der Waals surface area contributed by atoms with Crippen molar-refractivity contribution in [3.63, 3.8) is 0 Å². The van der Waals surface area contributed by atoms with Gasteiger partial charge in [-0.2, -0.15) is 26.3 Å². The summed E-state index contributed by atoms with van der Waals surface area (Å²) in [4.78, 5) is 44.9. The number of carbonyl (C=O) groups is 2. The highest BCUT2D eigenvalue weighted by Crippen LogP contribution is 2.19. The van der Waals surface area contributed by atoms with Crippen molar-refractivity contribution in [2.45, 2.75) is 18.4 Å². The van der Waals surface area contributed by atoms with E-state index in [2.05, 4.69) is 20.1 Å². The summed E-state index contributed by atoms with van der Waals surface area (Å²) in [6, 6.07) is 5.59. The second kappa shape index (κ2) is 11.5. The van der Waals surface area contributed by atoms with E-state index in [0.29, 0.717) is 11.4 Å². The molecule has 0 unspecified atom stereocenters. The van der Waals surface area contributed by atoms with E-state index >= 15 is 0 Å². The van der Waals surface area contributed by atoms with Gasteiger partial charge >= 0.3 is 24.3 Å². The van der Waals surface area contributed by atoms with Crippen LogP contribution in [-0.2, 0) is 9.59 Å². The van der Waals surface area contributed by atoms with Gasteiger partial charge in [0.25, 0.3) is 5.56 Å². The number of pyridine rings is 1. The van der Waals surface area contributed by atoms with Gasteiger partial charge in [0.1, 0.15) is 12.1 Å². The lowest BCUT2D eigenvalue weighted by atomic mass is 10.1. The number of hydrogen-bond donors (Lipinski definition) is 4. The van der Waals surface area contributed by atoms with Crippen LogP contribution in [0, 0.1) is 0 Å². The Bertz CT molecular complexity index is 1250. The Labute approximate surface area is 202 Å². The quantitative estimate of drug-likeness (QED) is 0.357. The number of aliphatic carboxylic acids is 2. The summed E-state index contributed by atoms with van der Waals surface area (Å²) in [5.74, 6) is -4.25. The number of rotatable bonds is 3. The van der Waals surface area contributed by atoms with Crippen LogP contribution in [0.3, 0.4) is 0 Å². The molecule has 18 heteroatoms. The van der Waals surface area contributed by atoms with Gasteiger partial charge in [-0.25, -0.2) is 24.2 Å². The molecule has 4 heterocycles. The zero-order valence-corrected chi connectivity index (χ0v) is 18.2. The van der Waals surface area contributed by atoms with E-state index in [0.717, 1.165) is 24.5 Å². The highest BCUT2D eigenvalue weighted by molar-refractivity contribution is 5.73. The molecule has 4 rings (SSSR count). The lowest BCUT2D eigenvalue weighted by molar-refractivity contribution is -0.193. The van der Waals surface area contributed by atoms with Crippen LogP contribution >= 0.6 is 0 Å². The van der Waals surface area contributed by atoms with Crippen molar-refractivity contribution in [1.82, 2.24) is 24.7 Å². The zero-order valence-electron chi connectivity index (χ0n) is 18.2. The molecule has 200 valence electrons. The molecule has 1 aliphatic rings. The van der Waals surface area contributed by atoms with Gasteiger partial charge in [0.05, 0.1) is 5.56 Å². The smallest absolute Gasteiger partial charge is 0.475 e. The fraction of sp³-hybridized carbons (Fsp3) is 0.263. The molecule has 1 saturated heterocycles. The van der Waals surface area contributed by atoms with Gasteiger partial charge in [-0.1, -0.05) is 6.07 Å². The van der Waals surface area contributed by atoms with Crippen molar-refractivity contribution in [2.75, 3.05) is 18.0 Å². The first-order chi connectivity index (χ1) is 17.1. The summed E-state index contributed by atoms with van der Waals surface area (Å²) in [6.07, 6.45) is -3.74. The van der Waals surface area contributed by atoms with Crippen molar-refractivity contribution in [2.24, 2.45) is 5.73 Å². The molecule has 37 heavy (non-hydrogen) atoms. The first kappa shape index (κ1) is 28.8. The number of hydrogen-bond acceptors (Lipinski definition) is 8. The molecular weight excluding hydrogens is 520 g/mol. The average molecular weight is 537 g/mol. The molecule has 12 nitrogen and oxygen atoms in total. The van der Waals surface area contributed by atoms with E-state index in [4.69, 9.17) is 25.5 Å². The number of H-pyrrole nitrogens is 1. The average Bonchev–Trinajstić information content (AvgIpc) is 3.18. The molecule has 0 amide bonds. The summed E-state index contributed by atoms with van der Waals surface area (Å²) in [6.45, 7) is 1.52. The Hall–Kier alpha value is -4.48. The van der Waals surface area contributed by atoms with Gasteiger partial charge in [-0.15, -0.1) is 0 Å². The SMILES string of the molecule is NC1CN(c2cc(-n3[nH]cc(-c4cccnc4)c3=O)ncn2)C1.O=C(O)C(F)(F)F.O=C(O)C(F)(F)F. The fourth-order valence-corrected chi connectivity index (χ4v) is 2.60. The number of carboxylic acid groups (broad SMARTS) is 2. The number of halogens is 6. The number of aromatic amines is 1. The first-order valence-electron chi connectivity index (χ1n) is 9.75. The maximum Gasteiger partial charge on any atom is 0.490 e. The standard InChI is InChI=1S/C15H15N7O.2C2HF3O2/c16-11-7-21(8-11)13-4-14(19-9-18-13)22-15(23)12(6-20-22)10-2-1-3-17-5-10;2*3-2(4,5)1(6)7/h1-6,9,11,20H,7-8,16H2;2*(H,6,7). The number of anilines is 1. The Morgan fingerprint density at radius 2 is 1.57 bits per heavy atom. The van der Waals surface area contributed by atoms with Crippen LogP contribution in [0.25, 0.3) is 16.9 Å². The number of carboxylic acids is 2. The van der Waals surface area contributed by atoms with Crippen molar-refractivity contribution in [1.29, 1.82) is 0 Å². The second-order valence-corrected chi connectivity index (χ2v) is 7.07. The lowest BCUT2D eigenvalue weighted by Crippen LogP contribution is -2.56. The summed E-state index contributed by atoms with van der Waals surface area (Å²) >= 11 is 0. The van der Waals surface area contributed by atoms with Crippen molar-refractivity contribution >= 4 is 17.8 Å². The van der Waals surface area contributed by atoms with Crippen molar-refractivity contribution < 1.29 is 46.1 Å². The minimum Gasteiger partial charge on any atom is -0.475 e. The van der Waals surface area contributed by atoms with Crippen molar-refractivity contribution in [3.8, 4) is 16.9 Å². The van der Waals surface area contributed by atoms with E-state index < -0.39 is 24.3 Å². The van der Waals surface area contributed by atoms with E-state index in [1.165, 1.54) is 11.0 Å². The number of aromatic nitrogens is 5. The topological polar surface area (TPSA) is 180 Å². The first-order valence-corrected chi connectivity index (χ1v) is 9.75. The third-order valence-electron chi connectivity index (χ3n) is 4.33. The molecule has 0 aliphatic carbocycles. The lowest BCUT2D eigenvalue weighted by Gasteiger charge is -2.37. The van der Waals surface area contributed by atoms with Crippen LogP contribution in [0.1, 0.15) is 0 Å². The minimum absolute atomic E-state index is 0.178. The number of nitrogens with one attached hydrogen (secondary N) is 1. The third kappa shape index (κ3) is 8.02. The summed E-state index contributed by atoms with van der Waals surface area (Å²) < 4.78 is 64.9. The Balaban J connectivity index is 0.000000286. The Kier molecular flexibility index (Phi) is 8.94. The van der Waals surface area contributed by atoms with Crippen LogP contribution in [0.5, 0.6) is 0 Å². The number of alkyl halides is 6. The minimum atomic E-state index is -5.08. The molecular formula is C19H17F6N7O5. The monoisotopic (exact) mass is 537 g/mol. The Morgan fingerprint density at radius 3 is 2.03 bits per heavy atom. The molecule has 1 aliphatic heterocycles. The van der Waals surface area contributed by atoms with E-state index in [-0.39, 0.29) is 11.6 Å². The molecule has 0 atom stereocenters. The molecule has 5 N–H and O–H groups in total. The summed E-state index contributed by atoms with van der Waals surface area (Å²) in [5, 5.41) is 17.2. The normalized spacial score (nSPS) is 13.4. The van der Waals surface area contributed by atoms with Crippen LogP contribution < -0.4 is 16.2 Å².